The van der Waals surface area contributed by atoms with Crippen molar-refractivity contribution in [3.05, 3.63) is 35.4 Å². The standard InChI is InChI=1S/C14H20O4/c1-11(2)18-8-7-17-10-13-6-4-3-5-12(13)9-14(15)16/h3-6,11H,7-10H2,1-2H3,(H,15,16). The highest BCUT2D eigenvalue weighted by molar-refractivity contribution is 5.70. The summed E-state index contributed by atoms with van der Waals surface area (Å²) in [6.45, 7) is 5.44. The number of carbonyl (C=O) groups is 1. The molecule has 0 atom stereocenters. The lowest BCUT2D eigenvalue weighted by molar-refractivity contribution is -0.136. The average molecular weight is 252 g/mol. The fraction of sp³-hybridized carbons (Fsp3) is 0.500. The van der Waals surface area contributed by atoms with E-state index in [1.54, 1.807) is 0 Å². The molecular weight excluding hydrogens is 232 g/mol. The van der Waals surface area contributed by atoms with E-state index in [0.717, 1.165) is 11.1 Å². The van der Waals surface area contributed by atoms with E-state index in [4.69, 9.17) is 14.6 Å². The second kappa shape index (κ2) is 7.84. The number of hydrogen-bond donors (Lipinski definition) is 1. The molecule has 1 N–H and O–H groups in total. The molecular formula is C14H20O4. The molecule has 0 aliphatic heterocycles. The first-order valence-corrected chi connectivity index (χ1v) is 6.07. The third-order valence-corrected chi connectivity index (χ3v) is 2.40. The fourth-order valence-electron chi connectivity index (χ4n) is 1.56. The average Bonchev–Trinajstić information content (AvgIpc) is 2.29. The van der Waals surface area contributed by atoms with Crippen molar-refractivity contribution in [1.29, 1.82) is 0 Å². The zero-order valence-electron chi connectivity index (χ0n) is 10.9. The molecule has 0 radical (unpaired) electrons. The summed E-state index contributed by atoms with van der Waals surface area (Å²) in [5.41, 5.74) is 1.72. The largest absolute Gasteiger partial charge is 0.481 e. The molecule has 1 rings (SSSR count). The first kappa shape index (κ1) is 14.7. The molecule has 0 saturated heterocycles. The minimum absolute atomic E-state index is 0.0298. The summed E-state index contributed by atoms with van der Waals surface area (Å²) in [5, 5.41) is 8.80. The molecule has 0 bridgehead atoms. The Morgan fingerprint density at radius 2 is 1.89 bits per heavy atom. The monoisotopic (exact) mass is 252 g/mol. The summed E-state index contributed by atoms with van der Waals surface area (Å²) in [5.74, 6) is -0.828. The lowest BCUT2D eigenvalue weighted by atomic mass is 10.1. The van der Waals surface area contributed by atoms with Gasteiger partial charge in [-0.2, -0.15) is 0 Å². The van der Waals surface area contributed by atoms with Crippen LogP contribution in [0.5, 0.6) is 0 Å². The van der Waals surface area contributed by atoms with Crippen LogP contribution in [0.4, 0.5) is 0 Å². The Hall–Kier alpha value is -1.39. The van der Waals surface area contributed by atoms with Gasteiger partial charge in [-0.25, -0.2) is 0 Å². The molecule has 0 spiro atoms. The molecule has 0 unspecified atom stereocenters. The molecule has 0 saturated carbocycles. The Bertz CT molecular complexity index is 374. The number of ether oxygens (including phenoxy) is 2. The molecule has 18 heavy (non-hydrogen) atoms. The Morgan fingerprint density at radius 3 is 2.50 bits per heavy atom. The first-order chi connectivity index (χ1) is 8.59. The van der Waals surface area contributed by atoms with Crippen LogP contribution in [0.3, 0.4) is 0 Å². The van der Waals surface area contributed by atoms with Gasteiger partial charge in [0.2, 0.25) is 0 Å². The van der Waals surface area contributed by atoms with Crippen molar-refractivity contribution in [2.24, 2.45) is 0 Å². The molecule has 0 heterocycles. The van der Waals surface area contributed by atoms with E-state index in [1.165, 1.54) is 0 Å². The second-order valence-corrected chi connectivity index (χ2v) is 4.31. The van der Waals surface area contributed by atoms with E-state index >= 15 is 0 Å². The third kappa shape index (κ3) is 5.80. The molecule has 4 nitrogen and oxygen atoms in total. The quantitative estimate of drug-likeness (QED) is 0.721. The fourth-order valence-corrected chi connectivity index (χ4v) is 1.56. The van der Waals surface area contributed by atoms with Gasteiger partial charge in [0.05, 0.1) is 32.3 Å². The highest BCUT2D eigenvalue weighted by Gasteiger charge is 2.06. The van der Waals surface area contributed by atoms with E-state index in [2.05, 4.69) is 0 Å². The first-order valence-electron chi connectivity index (χ1n) is 6.07. The Morgan fingerprint density at radius 1 is 1.22 bits per heavy atom. The van der Waals surface area contributed by atoms with Gasteiger partial charge in [-0.05, 0) is 25.0 Å². The van der Waals surface area contributed by atoms with Crippen molar-refractivity contribution in [3.63, 3.8) is 0 Å². The van der Waals surface area contributed by atoms with Crippen LogP contribution >= 0.6 is 0 Å². The summed E-state index contributed by atoms with van der Waals surface area (Å²) >= 11 is 0. The molecule has 100 valence electrons. The summed E-state index contributed by atoms with van der Waals surface area (Å²) in [6, 6.07) is 7.43. The smallest absolute Gasteiger partial charge is 0.307 e. The summed E-state index contributed by atoms with van der Waals surface area (Å²) in [7, 11) is 0. The minimum Gasteiger partial charge on any atom is -0.481 e. The lowest BCUT2D eigenvalue weighted by Gasteiger charge is -2.10. The molecule has 0 aromatic heterocycles. The van der Waals surface area contributed by atoms with Gasteiger partial charge in [0.1, 0.15) is 0 Å². The van der Waals surface area contributed by atoms with Crippen LogP contribution in [0.15, 0.2) is 24.3 Å². The zero-order chi connectivity index (χ0) is 13.4. The third-order valence-electron chi connectivity index (χ3n) is 2.40. The SMILES string of the molecule is CC(C)OCCOCc1ccccc1CC(=O)O. The number of carboxylic acid groups (broad SMARTS) is 1. The molecule has 0 fully saturated rings. The van der Waals surface area contributed by atoms with Gasteiger partial charge in [0.25, 0.3) is 0 Å². The molecule has 1 aromatic carbocycles. The van der Waals surface area contributed by atoms with Gasteiger partial charge in [-0.15, -0.1) is 0 Å². The zero-order valence-corrected chi connectivity index (χ0v) is 10.9. The molecule has 0 aliphatic carbocycles. The highest BCUT2D eigenvalue weighted by Crippen LogP contribution is 2.11. The van der Waals surface area contributed by atoms with Gasteiger partial charge in [-0.1, -0.05) is 24.3 Å². The molecule has 1 aromatic rings. The van der Waals surface area contributed by atoms with Crippen molar-refractivity contribution in [2.75, 3.05) is 13.2 Å². The number of carboxylic acids is 1. The van der Waals surface area contributed by atoms with Gasteiger partial charge >= 0.3 is 5.97 Å². The maximum absolute atomic E-state index is 10.7. The lowest BCUT2D eigenvalue weighted by Crippen LogP contribution is -2.10. The molecule has 0 amide bonds. The summed E-state index contributed by atoms with van der Waals surface area (Å²) < 4.78 is 10.8. The van der Waals surface area contributed by atoms with Crippen LogP contribution in [-0.4, -0.2) is 30.4 Å². The maximum atomic E-state index is 10.7. The Kier molecular flexibility index (Phi) is 6.39. The number of aliphatic carboxylic acids is 1. The Labute approximate surface area is 108 Å². The minimum atomic E-state index is -0.828. The van der Waals surface area contributed by atoms with Crippen LogP contribution < -0.4 is 0 Å². The van der Waals surface area contributed by atoms with Crippen LogP contribution in [0.2, 0.25) is 0 Å². The van der Waals surface area contributed by atoms with E-state index in [-0.39, 0.29) is 12.5 Å². The molecule has 4 heteroatoms. The van der Waals surface area contributed by atoms with Gasteiger partial charge < -0.3 is 14.6 Å². The topological polar surface area (TPSA) is 55.8 Å². The van der Waals surface area contributed by atoms with Crippen molar-refractivity contribution in [3.8, 4) is 0 Å². The van der Waals surface area contributed by atoms with E-state index in [1.807, 2.05) is 38.1 Å². The number of hydrogen-bond acceptors (Lipinski definition) is 3. The molecule has 0 aliphatic rings. The van der Waals surface area contributed by atoms with Crippen LogP contribution in [-0.2, 0) is 27.3 Å². The van der Waals surface area contributed by atoms with E-state index in [9.17, 15) is 4.79 Å². The highest BCUT2D eigenvalue weighted by atomic mass is 16.5. The van der Waals surface area contributed by atoms with Crippen molar-refractivity contribution < 1.29 is 19.4 Å². The number of rotatable bonds is 8. The van der Waals surface area contributed by atoms with Crippen LogP contribution in [0.1, 0.15) is 25.0 Å². The van der Waals surface area contributed by atoms with Crippen LogP contribution in [0.25, 0.3) is 0 Å². The van der Waals surface area contributed by atoms with E-state index < -0.39 is 5.97 Å². The van der Waals surface area contributed by atoms with Crippen molar-refractivity contribution in [2.45, 2.75) is 33.0 Å². The van der Waals surface area contributed by atoms with Crippen LogP contribution in [0, 0.1) is 0 Å². The van der Waals surface area contributed by atoms with E-state index in [0.29, 0.717) is 19.8 Å². The summed E-state index contributed by atoms with van der Waals surface area (Å²) in [4.78, 5) is 10.7. The Balaban J connectivity index is 2.39. The van der Waals surface area contributed by atoms with Crippen molar-refractivity contribution >= 4 is 5.97 Å². The predicted molar refractivity (Wildman–Crippen MR) is 68.5 cm³/mol. The van der Waals surface area contributed by atoms with Gasteiger partial charge in [0.15, 0.2) is 0 Å². The normalized spacial score (nSPS) is 10.8. The summed E-state index contributed by atoms with van der Waals surface area (Å²) in [6.07, 6.45) is 0.232. The van der Waals surface area contributed by atoms with Gasteiger partial charge in [0, 0.05) is 0 Å². The predicted octanol–water partition coefficient (Wildman–Crippen LogP) is 2.26. The second-order valence-electron chi connectivity index (χ2n) is 4.31. The van der Waals surface area contributed by atoms with Gasteiger partial charge in [-0.3, -0.25) is 4.79 Å². The van der Waals surface area contributed by atoms with Crippen molar-refractivity contribution in [1.82, 2.24) is 0 Å². The maximum Gasteiger partial charge on any atom is 0.307 e. The number of benzene rings is 1.